The van der Waals surface area contributed by atoms with E-state index in [1.807, 2.05) is 33.3 Å². The van der Waals surface area contributed by atoms with Crippen molar-refractivity contribution in [3.63, 3.8) is 0 Å². The monoisotopic (exact) mass is 1150 g/mol. The molecule has 3 unspecified atom stereocenters. The van der Waals surface area contributed by atoms with Crippen molar-refractivity contribution in [1.82, 2.24) is 5.32 Å². The normalized spacial score (nSPS) is 14.1. The molecule has 1 N–H and O–H groups in total. The first-order valence-electron chi connectivity index (χ1n) is 33.9. The summed E-state index contributed by atoms with van der Waals surface area (Å²) in [7, 11) is 1.17. The number of allylic oxidation sites excluding steroid dienone is 13. The van der Waals surface area contributed by atoms with Gasteiger partial charge < -0.3 is 28.5 Å². The maximum absolute atomic E-state index is 13.6. The van der Waals surface area contributed by atoms with E-state index < -0.39 is 26.6 Å². The summed E-state index contributed by atoms with van der Waals surface area (Å²) in [5.41, 5.74) is 0. The molecule has 10 heteroatoms. The number of unbranched alkanes of at least 4 members (excludes halogenated alkanes) is 33. The van der Waals surface area contributed by atoms with Crippen LogP contribution in [0.1, 0.15) is 303 Å². The molecule has 1 amide bonds. The Kier molecular flexibility index (Phi) is 58.2. The van der Waals surface area contributed by atoms with Gasteiger partial charge in [0.2, 0.25) is 5.91 Å². The predicted molar refractivity (Wildman–Crippen MR) is 348 cm³/mol. The van der Waals surface area contributed by atoms with Gasteiger partial charge in [0.15, 0.2) is 0 Å². The molecule has 0 aromatic carbocycles. The number of phosphoric acid groups is 1. The highest BCUT2D eigenvalue weighted by atomic mass is 31.2. The molecular weight excluding hydrogens is 1020 g/mol. The topological polar surface area (TPSA) is 114 Å². The predicted octanol–water partition coefficient (Wildman–Crippen LogP) is 20.7. The molecule has 0 bridgehead atoms. The summed E-state index contributed by atoms with van der Waals surface area (Å²) in [4.78, 5) is 40.1. The van der Waals surface area contributed by atoms with Gasteiger partial charge in [-0.05, 0) is 83.1 Å². The van der Waals surface area contributed by atoms with Crippen LogP contribution in [0.3, 0.4) is 0 Å². The lowest BCUT2D eigenvalue weighted by atomic mass is 10.0. The van der Waals surface area contributed by atoms with Gasteiger partial charge in [-0.25, -0.2) is 0 Å². The largest absolute Gasteiger partial charge is 0.756 e. The van der Waals surface area contributed by atoms with Crippen LogP contribution in [0.15, 0.2) is 85.1 Å². The maximum atomic E-state index is 13.6. The molecule has 0 aliphatic rings. The molecular formula is C71H129N2O7P. The fourth-order valence-electron chi connectivity index (χ4n) is 9.64. The van der Waals surface area contributed by atoms with Crippen LogP contribution in [0.2, 0.25) is 0 Å². The number of ether oxygens (including phenoxy) is 1. The van der Waals surface area contributed by atoms with E-state index in [-0.39, 0.29) is 31.3 Å². The van der Waals surface area contributed by atoms with Gasteiger partial charge in [-0.2, -0.15) is 0 Å². The first kappa shape index (κ1) is 78.2. The third-order valence-electron chi connectivity index (χ3n) is 14.8. The highest BCUT2D eigenvalue weighted by Crippen LogP contribution is 2.38. The van der Waals surface area contributed by atoms with E-state index >= 15 is 0 Å². The van der Waals surface area contributed by atoms with E-state index in [9.17, 15) is 19.0 Å². The lowest BCUT2D eigenvalue weighted by Crippen LogP contribution is -2.47. The van der Waals surface area contributed by atoms with Crippen LogP contribution < -0.4 is 10.2 Å². The van der Waals surface area contributed by atoms with E-state index in [0.717, 1.165) is 103 Å². The van der Waals surface area contributed by atoms with Crippen molar-refractivity contribution in [3.8, 4) is 0 Å². The summed E-state index contributed by atoms with van der Waals surface area (Å²) in [5.74, 6) is -0.564. The number of carbonyl (C=O) groups excluding carboxylic acids is 2. The second kappa shape index (κ2) is 60.3. The zero-order valence-corrected chi connectivity index (χ0v) is 54.6. The van der Waals surface area contributed by atoms with Gasteiger partial charge in [-0.1, -0.05) is 292 Å². The molecule has 0 aromatic heterocycles. The summed E-state index contributed by atoms with van der Waals surface area (Å²) < 4.78 is 30.4. The highest BCUT2D eigenvalue weighted by molar-refractivity contribution is 7.45. The third kappa shape index (κ3) is 61.6. The number of esters is 1. The standard InChI is InChI=1S/C71H129N2O7P/c1-7-10-13-16-19-22-25-27-29-31-33-35-36-38-39-41-43-45-48-51-54-57-60-63-70(74)72-68(67-79-81(76,77)78-66-65-73(4,5)6)69(62-59-56-53-50-47-24-21-18-15-12-9-3)80-71(75)64-61-58-55-52-49-46-44-42-40-37-34-32-30-28-26-23-20-17-14-11-8-2/h10,13,19,22,27,29,33,35,38-39,43,45,59,62,68-69H,7-9,11-12,14-18,20-21,23-26,28,30-32,34,36-37,40-42,44,46-58,60-61,63-67H2,1-6H3,(H-,72,74,76,77)/b13-10-,22-19-,29-27-,35-33-,39-38-,45-43-,62-59+. The van der Waals surface area contributed by atoms with Crippen molar-refractivity contribution in [2.24, 2.45) is 0 Å². The fourth-order valence-corrected chi connectivity index (χ4v) is 10.4. The maximum Gasteiger partial charge on any atom is 0.306 e. The Hall–Kier alpha value is -2.81. The first-order chi connectivity index (χ1) is 39.4. The number of nitrogens with one attached hydrogen (secondary N) is 1. The molecule has 0 spiro atoms. The minimum atomic E-state index is -4.71. The van der Waals surface area contributed by atoms with E-state index in [1.165, 1.54) is 161 Å². The van der Waals surface area contributed by atoms with Gasteiger partial charge in [0.25, 0.3) is 7.82 Å². The molecule has 9 nitrogen and oxygen atoms in total. The van der Waals surface area contributed by atoms with E-state index in [2.05, 4.69) is 99.0 Å². The average molecular weight is 1150 g/mol. The second-order valence-electron chi connectivity index (χ2n) is 24.0. The summed E-state index contributed by atoms with van der Waals surface area (Å²) >= 11 is 0. The summed E-state index contributed by atoms with van der Waals surface area (Å²) in [6, 6.07) is -0.905. The quantitative estimate of drug-likeness (QED) is 0.0212. The highest BCUT2D eigenvalue weighted by Gasteiger charge is 2.27. The average Bonchev–Trinajstić information content (AvgIpc) is 3.43. The van der Waals surface area contributed by atoms with Crippen LogP contribution in [-0.4, -0.2) is 69.4 Å². The number of likely N-dealkylation sites (N-methyl/N-ethyl adjacent to an activating group) is 1. The van der Waals surface area contributed by atoms with Gasteiger partial charge in [0, 0.05) is 12.8 Å². The van der Waals surface area contributed by atoms with Crippen LogP contribution in [0.5, 0.6) is 0 Å². The third-order valence-corrected chi connectivity index (χ3v) is 15.8. The molecule has 81 heavy (non-hydrogen) atoms. The number of hydrogen-bond donors (Lipinski definition) is 1. The van der Waals surface area contributed by atoms with Crippen LogP contribution >= 0.6 is 7.82 Å². The Morgan fingerprint density at radius 2 is 0.790 bits per heavy atom. The molecule has 0 aliphatic heterocycles. The van der Waals surface area contributed by atoms with Gasteiger partial charge in [-0.3, -0.25) is 14.2 Å². The van der Waals surface area contributed by atoms with Crippen molar-refractivity contribution in [2.45, 2.75) is 315 Å². The van der Waals surface area contributed by atoms with Gasteiger partial charge >= 0.3 is 5.97 Å². The Morgan fingerprint density at radius 3 is 1.19 bits per heavy atom. The molecule has 0 rings (SSSR count). The summed E-state index contributed by atoms with van der Waals surface area (Å²) in [5, 5.41) is 3.02. The Bertz CT molecular complexity index is 1660. The van der Waals surface area contributed by atoms with Gasteiger partial charge in [0.1, 0.15) is 19.3 Å². The molecule has 0 aliphatic carbocycles. The number of hydrogen-bond acceptors (Lipinski definition) is 7. The van der Waals surface area contributed by atoms with Crippen molar-refractivity contribution < 1.29 is 37.3 Å². The van der Waals surface area contributed by atoms with Gasteiger partial charge in [0.05, 0.1) is 33.8 Å². The molecule has 3 atom stereocenters. The number of nitrogens with zero attached hydrogens (tertiary/aromatic N) is 1. The Morgan fingerprint density at radius 1 is 0.444 bits per heavy atom. The Labute approximate surface area is 501 Å². The van der Waals surface area contributed by atoms with Crippen LogP contribution in [-0.2, 0) is 27.9 Å². The van der Waals surface area contributed by atoms with Crippen LogP contribution in [0, 0.1) is 0 Å². The minimum Gasteiger partial charge on any atom is -0.756 e. The molecule has 0 saturated heterocycles. The number of phosphoric ester groups is 1. The van der Waals surface area contributed by atoms with E-state index in [0.29, 0.717) is 17.4 Å². The second-order valence-corrected chi connectivity index (χ2v) is 25.4. The van der Waals surface area contributed by atoms with Crippen molar-refractivity contribution in [1.29, 1.82) is 0 Å². The Balaban J connectivity index is 5.15. The first-order valence-corrected chi connectivity index (χ1v) is 35.4. The molecule has 0 saturated carbocycles. The lowest BCUT2D eigenvalue weighted by molar-refractivity contribution is -0.870. The number of amides is 1. The van der Waals surface area contributed by atoms with E-state index in [1.54, 1.807) is 0 Å². The smallest absolute Gasteiger partial charge is 0.306 e. The molecule has 0 radical (unpaired) electrons. The van der Waals surface area contributed by atoms with Crippen molar-refractivity contribution in [3.05, 3.63) is 85.1 Å². The molecule has 0 heterocycles. The summed E-state index contributed by atoms with van der Waals surface area (Å²) in [6.07, 6.45) is 79.9. The number of quaternary nitrogens is 1. The van der Waals surface area contributed by atoms with Crippen LogP contribution in [0.25, 0.3) is 0 Å². The lowest BCUT2D eigenvalue weighted by Gasteiger charge is -2.30. The molecule has 0 fully saturated rings. The molecule has 0 aromatic rings. The van der Waals surface area contributed by atoms with E-state index in [4.69, 9.17) is 13.8 Å². The van der Waals surface area contributed by atoms with Crippen LogP contribution in [0.4, 0.5) is 0 Å². The number of rotatable bonds is 61. The minimum absolute atomic E-state index is 0.0298. The SMILES string of the molecule is CC/C=C\C/C=C\C/C=C\C/C=C\C/C=C\C/C=C\CCCCCCC(=O)NC(COP(=O)([O-])OCC[N+](C)(C)C)C(/C=C/CCCCCCCCCCC)OC(=O)CCCCCCCCCCCCCCCCCCCCCCC. The molecule has 470 valence electrons. The fraction of sp³-hybridized carbons (Fsp3) is 0.775. The zero-order chi connectivity index (χ0) is 59.3. The van der Waals surface area contributed by atoms with Gasteiger partial charge in [-0.15, -0.1) is 0 Å². The summed E-state index contributed by atoms with van der Waals surface area (Å²) in [6.45, 7) is 6.73. The zero-order valence-electron chi connectivity index (χ0n) is 53.7. The van der Waals surface area contributed by atoms with Crippen molar-refractivity contribution >= 4 is 19.7 Å². The van der Waals surface area contributed by atoms with Crippen molar-refractivity contribution in [2.75, 3.05) is 40.9 Å². The number of carbonyl (C=O) groups is 2.